The normalized spacial score (nSPS) is 11.8. The molecule has 0 radical (unpaired) electrons. The van der Waals surface area contributed by atoms with Gasteiger partial charge in [-0.15, -0.1) is 0 Å². The van der Waals surface area contributed by atoms with Crippen LogP contribution in [0.15, 0.2) is 36.5 Å². The largest absolute Gasteiger partial charge is 0.497 e. The van der Waals surface area contributed by atoms with Gasteiger partial charge in [-0.05, 0) is 25.1 Å². The number of benzene rings is 1. The molecule has 0 saturated carbocycles. The maximum atomic E-state index is 11.0. The lowest BCUT2D eigenvalue weighted by molar-refractivity contribution is -0.385. The second-order valence-electron chi connectivity index (χ2n) is 4.40. The topological polar surface area (TPSA) is 101 Å². The number of methoxy groups -OCH3 is 1. The molecule has 1 unspecified atom stereocenters. The van der Waals surface area contributed by atoms with E-state index in [2.05, 4.69) is 4.98 Å². The molecule has 1 aromatic carbocycles. The fourth-order valence-electron chi connectivity index (χ4n) is 1.70. The highest BCUT2D eigenvalue weighted by Gasteiger charge is 2.17. The summed E-state index contributed by atoms with van der Waals surface area (Å²) in [6, 6.07) is 7.48. The second-order valence-corrected chi connectivity index (χ2v) is 4.40. The summed E-state index contributed by atoms with van der Waals surface area (Å²) in [5.41, 5.74) is 6.27. The summed E-state index contributed by atoms with van der Waals surface area (Å²) in [6.45, 7) is 1.82. The molecule has 21 heavy (non-hydrogen) atoms. The fraction of sp³-hybridized carbons (Fsp3) is 0.214. The number of nitrogens with two attached hydrogens (primary N) is 1. The number of nitrogens with zero attached hydrogens (tertiary/aromatic N) is 2. The third kappa shape index (κ3) is 3.46. The summed E-state index contributed by atoms with van der Waals surface area (Å²) in [5, 5.41) is 11.0. The SMILES string of the molecule is COc1ccc([N+](=O)[O-])c(Oc2ccc(C(C)N)nc2)c1. The minimum atomic E-state index is -0.515. The maximum Gasteiger partial charge on any atom is 0.311 e. The van der Waals surface area contributed by atoms with Gasteiger partial charge in [0.1, 0.15) is 11.5 Å². The van der Waals surface area contributed by atoms with E-state index in [4.69, 9.17) is 15.2 Å². The van der Waals surface area contributed by atoms with Gasteiger partial charge in [0.15, 0.2) is 0 Å². The first-order valence-electron chi connectivity index (χ1n) is 6.23. The van der Waals surface area contributed by atoms with Crippen LogP contribution in [-0.4, -0.2) is 17.0 Å². The van der Waals surface area contributed by atoms with Crippen molar-refractivity contribution in [2.45, 2.75) is 13.0 Å². The Hall–Kier alpha value is -2.67. The molecule has 0 aliphatic carbocycles. The number of aromatic nitrogens is 1. The van der Waals surface area contributed by atoms with Crippen LogP contribution in [0.5, 0.6) is 17.2 Å². The third-order valence-corrected chi connectivity index (χ3v) is 2.82. The van der Waals surface area contributed by atoms with Gasteiger partial charge in [-0.1, -0.05) is 0 Å². The van der Waals surface area contributed by atoms with Crippen LogP contribution in [0, 0.1) is 10.1 Å². The molecule has 0 aliphatic heterocycles. The average Bonchev–Trinajstić information content (AvgIpc) is 2.47. The highest BCUT2D eigenvalue weighted by Crippen LogP contribution is 2.34. The van der Waals surface area contributed by atoms with E-state index in [0.29, 0.717) is 17.2 Å². The predicted molar refractivity (Wildman–Crippen MR) is 76.6 cm³/mol. The van der Waals surface area contributed by atoms with Crippen LogP contribution in [0.25, 0.3) is 0 Å². The first-order chi connectivity index (χ1) is 10.0. The Balaban J connectivity index is 2.31. The van der Waals surface area contributed by atoms with E-state index in [1.807, 2.05) is 6.92 Å². The monoisotopic (exact) mass is 289 g/mol. The van der Waals surface area contributed by atoms with Crippen LogP contribution in [0.3, 0.4) is 0 Å². The molecule has 2 rings (SSSR count). The van der Waals surface area contributed by atoms with Crippen molar-refractivity contribution >= 4 is 5.69 Å². The number of nitro groups is 1. The molecule has 1 heterocycles. The Morgan fingerprint density at radius 1 is 1.29 bits per heavy atom. The zero-order valence-electron chi connectivity index (χ0n) is 11.6. The Morgan fingerprint density at radius 3 is 2.52 bits per heavy atom. The summed E-state index contributed by atoms with van der Waals surface area (Å²) in [6.07, 6.45) is 1.47. The summed E-state index contributed by atoms with van der Waals surface area (Å²) >= 11 is 0. The smallest absolute Gasteiger partial charge is 0.311 e. The van der Waals surface area contributed by atoms with E-state index in [-0.39, 0.29) is 17.5 Å². The van der Waals surface area contributed by atoms with Crippen molar-refractivity contribution in [3.8, 4) is 17.2 Å². The average molecular weight is 289 g/mol. The van der Waals surface area contributed by atoms with Gasteiger partial charge in [-0.25, -0.2) is 0 Å². The van der Waals surface area contributed by atoms with E-state index in [1.165, 1.54) is 31.5 Å². The van der Waals surface area contributed by atoms with E-state index in [9.17, 15) is 10.1 Å². The molecule has 110 valence electrons. The molecule has 0 amide bonds. The zero-order chi connectivity index (χ0) is 15.4. The van der Waals surface area contributed by atoms with Crippen molar-refractivity contribution in [2.24, 2.45) is 5.73 Å². The fourth-order valence-corrected chi connectivity index (χ4v) is 1.70. The quantitative estimate of drug-likeness (QED) is 0.671. The standard InChI is InChI=1S/C14H15N3O4/c1-9(15)12-5-3-11(8-16-12)21-14-7-10(20-2)4-6-13(14)17(18)19/h3-9H,15H2,1-2H3. The van der Waals surface area contributed by atoms with Gasteiger partial charge >= 0.3 is 5.69 Å². The van der Waals surface area contributed by atoms with Crippen molar-refractivity contribution in [3.63, 3.8) is 0 Å². The van der Waals surface area contributed by atoms with Crippen LogP contribution >= 0.6 is 0 Å². The molecular weight excluding hydrogens is 274 g/mol. The van der Waals surface area contributed by atoms with Crippen LogP contribution in [-0.2, 0) is 0 Å². The molecule has 0 aliphatic rings. The number of ether oxygens (including phenoxy) is 2. The van der Waals surface area contributed by atoms with Crippen molar-refractivity contribution in [2.75, 3.05) is 7.11 Å². The molecule has 0 fully saturated rings. The van der Waals surface area contributed by atoms with Crippen molar-refractivity contribution < 1.29 is 14.4 Å². The molecule has 0 saturated heterocycles. The number of pyridine rings is 1. The zero-order valence-corrected chi connectivity index (χ0v) is 11.6. The van der Waals surface area contributed by atoms with Crippen molar-refractivity contribution in [1.29, 1.82) is 0 Å². The Labute approximate surface area is 121 Å². The van der Waals surface area contributed by atoms with Gasteiger partial charge < -0.3 is 15.2 Å². The lowest BCUT2D eigenvalue weighted by atomic mass is 10.2. The molecule has 0 spiro atoms. The number of hydrogen-bond acceptors (Lipinski definition) is 6. The Morgan fingerprint density at radius 2 is 2.00 bits per heavy atom. The number of nitro benzene ring substituents is 1. The molecule has 7 nitrogen and oxygen atoms in total. The minimum Gasteiger partial charge on any atom is -0.497 e. The summed E-state index contributed by atoms with van der Waals surface area (Å²) in [5.74, 6) is 0.946. The van der Waals surface area contributed by atoms with Gasteiger partial charge in [0.05, 0.1) is 23.9 Å². The molecular formula is C14H15N3O4. The van der Waals surface area contributed by atoms with Gasteiger partial charge in [0, 0.05) is 18.2 Å². The second kappa shape index (κ2) is 6.19. The van der Waals surface area contributed by atoms with E-state index < -0.39 is 4.92 Å². The summed E-state index contributed by atoms with van der Waals surface area (Å²) < 4.78 is 10.6. The van der Waals surface area contributed by atoms with Crippen LogP contribution in [0.2, 0.25) is 0 Å². The summed E-state index contributed by atoms with van der Waals surface area (Å²) in [4.78, 5) is 14.6. The van der Waals surface area contributed by atoms with E-state index in [1.54, 1.807) is 12.1 Å². The number of hydrogen-bond donors (Lipinski definition) is 1. The molecule has 0 bridgehead atoms. The van der Waals surface area contributed by atoms with Gasteiger partial charge in [-0.2, -0.15) is 0 Å². The van der Waals surface area contributed by atoms with E-state index in [0.717, 1.165) is 0 Å². The predicted octanol–water partition coefficient (Wildman–Crippen LogP) is 2.81. The Kier molecular flexibility index (Phi) is 4.34. The molecule has 7 heteroatoms. The van der Waals surface area contributed by atoms with Crippen LogP contribution in [0.4, 0.5) is 5.69 Å². The first-order valence-corrected chi connectivity index (χ1v) is 6.23. The van der Waals surface area contributed by atoms with E-state index >= 15 is 0 Å². The van der Waals surface area contributed by atoms with Crippen LogP contribution in [0.1, 0.15) is 18.7 Å². The minimum absolute atomic E-state index is 0.0923. The molecule has 1 atom stereocenters. The number of rotatable bonds is 5. The van der Waals surface area contributed by atoms with Crippen LogP contribution < -0.4 is 15.2 Å². The molecule has 2 N–H and O–H groups in total. The van der Waals surface area contributed by atoms with Gasteiger partial charge in [-0.3, -0.25) is 15.1 Å². The lowest BCUT2D eigenvalue weighted by Crippen LogP contribution is -2.06. The first kappa shape index (κ1) is 14.7. The Bertz CT molecular complexity index is 641. The lowest BCUT2D eigenvalue weighted by Gasteiger charge is -2.09. The van der Waals surface area contributed by atoms with Gasteiger partial charge in [0.25, 0.3) is 0 Å². The highest BCUT2D eigenvalue weighted by molar-refractivity contribution is 5.52. The molecule has 2 aromatic rings. The highest BCUT2D eigenvalue weighted by atomic mass is 16.6. The maximum absolute atomic E-state index is 11.0. The van der Waals surface area contributed by atoms with Crippen molar-refractivity contribution in [3.05, 3.63) is 52.3 Å². The van der Waals surface area contributed by atoms with Crippen molar-refractivity contribution in [1.82, 2.24) is 4.98 Å². The summed E-state index contributed by atoms with van der Waals surface area (Å²) in [7, 11) is 1.48. The molecule has 1 aromatic heterocycles. The third-order valence-electron chi connectivity index (χ3n) is 2.82. The van der Waals surface area contributed by atoms with Gasteiger partial charge in [0.2, 0.25) is 5.75 Å².